The first-order valence-electron chi connectivity index (χ1n) is 7.63. The van der Waals surface area contributed by atoms with Gasteiger partial charge in [0, 0.05) is 19.2 Å². The van der Waals surface area contributed by atoms with Gasteiger partial charge in [0.1, 0.15) is 5.82 Å². The van der Waals surface area contributed by atoms with E-state index in [-0.39, 0.29) is 12.1 Å². The van der Waals surface area contributed by atoms with Crippen molar-refractivity contribution in [2.75, 3.05) is 38.6 Å². The number of urea groups is 1. The smallest absolute Gasteiger partial charge is 0.323 e. The monoisotopic (exact) mass is 291 g/mol. The number of hydrogen-bond donors (Lipinski definition) is 1. The van der Waals surface area contributed by atoms with E-state index in [2.05, 4.69) is 22.4 Å². The minimum atomic E-state index is -0.0520. The van der Waals surface area contributed by atoms with Crippen LogP contribution < -0.4 is 5.32 Å². The number of nitrogens with one attached hydrogen (secondary N) is 1. The zero-order chi connectivity index (χ0) is 14.4. The second-order valence-electron chi connectivity index (χ2n) is 6.18. The van der Waals surface area contributed by atoms with Crippen molar-refractivity contribution >= 4 is 11.8 Å². The number of rotatable bonds is 2. The van der Waals surface area contributed by atoms with Gasteiger partial charge in [-0.15, -0.1) is 0 Å². The number of aromatic nitrogens is 2. The molecule has 0 unspecified atom stereocenters. The molecule has 2 saturated heterocycles. The third kappa shape index (κ3) is 2.40. The molecule has 0 bridgehead atoms. The Labute approximate surface area is 123 Å². The maximum absolute atomic E-state index is 12.5. The maximum atomic E-state index is 12.5. The molecular weight excluding hydrogens is 270 g/mol. The average Bonchev–Trinajstić information content (AvgIpc) is 3.04. The lowest BCUT2D eigenvalue weighted by atomic mass is 10.1. The summed E-state index contributed by atoms with van der Waals surface area (Å²) in [5.74, 6) is 0.798. The number of nitrogens with zero attached hydrogens (tertiary/aromatic N) is 4. The van der Waals surface area contributed by atoms with Crippen LogP contribution in [0.25, 0.3) is 0 Å². The third-order valence-corrected chi connectivity index (χ3v) is 4.66. The zero-order valence-corrected chi connectivity index (χ0v) is 12.2. The van der Waals surface area contributed by atoms with E-state index in [0.717, 1.165) is 38.4 Å². The molecule has 3 aliphatic rings. The van der Waals surface area contributed by atoms with Gasteiger partial charge in [0.2, 0.25) is 0 Å². The van der Waals surface area contributed by atoms with Crippen molar-refractivity contribution in [2.45, 2.75) is 31.0 Å². The summed E-state index contributed by atoms with van der Waals surface area (Å²) in [4.78, 5) is 16.6. The summed E-state index contributed by atoms with van der Waals surface area (Å²) < 4.78 is 7.70. The second-order valence-corrected chi connectivity index (χ2v) is 6.18. The van der Waals surface area contributed by atoms with Gasteiger partial charge in [-0.05, 0) is 19.9 Å². The van der Waals surface area contributed by atoms with Gasteiger partial charge in [-0.1, -0.05) is 0 Å². The van der Waals surface area contributed by atoms with Gasteiger partial charge in [0.25, 0.3) is 0 Å². The van der Waals surface area contributed by atoms with Crippen LogP contribution in [-0.4, -0.2) is 71.0 Å². The number of morpholine rings is 1. The molecule has 0 radical (unpaired) electrons. The second kappa shape index (κ2) is 4.99. The summed E-state index contributed by atoms with van der Waals surface area (Å²) in [7, 11) is 2.10. The van der Waals surface area contributed by atoms with Gasteiger partial charge in [-0.2, -0.15) is 5.10 Å². The molecule has 0 spiro atoms. The molecule has 0 aromatic carbocycles. The van der Waals surface area contributed by atoms with Gasteiger partial charge in [0.15, 0.2) is 0 Å². The lowest BCUT2D eigenvalue weighted by molar-refractivity contribution is -0.0367. The lowest BCUT2D eigenvalue weighted by Gasteiger charge is -2.33. The molecule has 2 atom stereocenters. The summed E-state index contributed by atoms with van der Waals surface area (Å²) >= 11 is 0. The van der Waals surface area contributed by atoms with Crippen molar-refractivity contribution in [3.63, 3.8) is 0 Å². The van der Waals surface area contributed by atoms with Gasteiger partial charge in [-0.25, -0.2) is 9.48 Å². The number of carbonyl (C=O) groups is 1. The van der Waals surface area contributed by atoms with E-state index in [4.69, 9.17) is 4.74 Å². The fourth-order valence-corrected chi connectivity index (χ4v) is 3.24. The predicted octanol–water partition coefficient (Wildman–Crippen LogP) is 0.765. The highest BCUT2D eigenvalue weighted by Crippen LogP contribution is 2.36. The molecule has 2 amide bonds. The summed E-state index contributed by atoms with van der Waals surface area (Å²) in [6, 6.07) is 2.59. The Hall–Kier alpha value is -1.60. The molecule has 114 valence electrons. The molecule has 1 aliphatic carbocycles. The van der Waals surface area contributed by atoms with Crippen molar-refractivity contribution in [2.24, 2.45) is 0 Å². The van der Waals surface area contributed by atoms with Crippen LogP contribution in [0.4, 0.5) is 10.6 Å². The molecular formula is C14H21N5O2. The molecule has 1 aromatic rings. The van der Waals surface area contributed by atoms with Gasteiger partial charge in [0.05, 0.1) is 37.5 Å². The Bertz CT molecular complexity index is 541. The fourth-order valence-electron chi connectivity index (χ4n) is 3.24. The quantitative estimate of drug-likeness (QED) is 0.874. The van der Waals surface area contributed by atoms with Crippen LogP contribution in [0, 0.1) is 0 Å². The molecule has 1 saturated carbocycles. The normalized spacial score (nSPS) is 29.5. The number of anilines is 1. The van der Waals surface area contributed by atoms with Crippen LogP contribution in [0.5, 0.6) is 0 Å². The molecule has 21 heavy (non-hydrogen) atoms. The summed E-state index contributed by atoms with van der Waals surface area (Å²) in [6.07, 6.45) is 4.19. The van der Waals surface area contributed by atoms with E-state index in [9.17, 15) is 4.79 Å². The first-order valence-corrected chi connectivity index (χ1v) is 7.63. The topological polar surface area (TPSA) is 62.6 Å². The average molecular weight is 291 g/mol. The minimum absolute atomic E-state index is 0.0520. The van der Waals surface area contributed by atoms with E-state index in [1.807, 2.05) is 15.6 Å². The first-order chi connectivity index (χ1) is 10.2. The van der Waals surface area contributed by atoms with Crippen LogP contribution in [0.2, 0.25) is 0 Å². The third-order valence-electron chi connectivity index (χ3n) is 4.66. The van der Waals surface area contributed by atoms with Crippen LogP contribution in [-0.2, 0) is 4.74 Å². The number of likely N-dealkylation sites (tertiary alicyclic amines) is 1. The Morgan fingerprint density at radius 3 is 3.05 bits per heavy atom. The fraction of sp³-hybridized carbons (Fsp3) is 0.714. The van der Waals surface area contributed by atoms with Crippen molar-refractivity contribution in [1.29, 1.82) is 0 Å². The summed E-state index contributed by atoms with van der Waals surface area (Å²) in [5, 5.41) is 7.28. The molecule has 3 fully saturated rings. The van der Waals surface area contributed by atoms with Gasteiger partial charge >= 0.3 is 6.03 Å². The Kier molecular flexibility index (Phi) is 3.11. The Morgan fingerprint density at radius 1 is 1.43 bits per heavy atom. The standard InChI is InChI=1S/C14H21N5O2/c1-17-6-7-21-12-9-18(8-11(12)17)14(20)16-13-4-5-15-19(13)10-2-3-10/h4-5,10-12H,2-3,6-9H2,1H3,(H,16,20)/t11-,12+/m0/s1. The minimum Gasteiger partial charge on any atom is -0.373 e. The van der Waals surface area contributed by atoms with Crippen LogP contribution in [0.15, 0.2) is 12.3 Å². The van der Waals surface area contributed by atoms with Crippen molar-refractivity contribution in [3.8, 4) is 0 Å². The van der Waals surface area contributed by atoms with E-state index < -0.39 is 0 Å². The van der Waals surface area contributed by atoms with Gasteiger partial charge in [-0.3, -0.25) is 10.2 Å². The maximum Gasteiger partial charge on any atom is 0.323 e. The largest absolute Gasteiger partial charge is 0.373 e. The SMILES string of the molecule is CN1CCO[C@@H]2CN(C(=O)Nc3ccnn3C3CC3)C[C@@H]21. The number of fused-ring (bicyclic) bond motifs is 1. The van der Waals surface area contributed by atoms with E-state index >= 15 is 0 Å². The Morgan fingerprint density at radius 2 is 2.29 bits per heavy atom. The van der Waals surface area contributed by atoms with Crippen molar-refractivity contribution < 1.29 is 9.53 Å². The highest BCUT2D eigenvalue weighted by atomic mass is 16.5. The molecule has 1 N–H and O–H groups in total. The zero-order valence-electron chi connectivity index (χ0n) is 12.2. The number of likely N-dealkylation sites (N-methyl/N-ethyl adjacent to an activating group) is 1. The first kappa shape index (κ1) is 13.1. The number of amides is 2. The highest BCUT2D eigenvalue weighted by molar-refractivity contribution is 5.88. The van der Waals surface area contributed by atoms with Crippen molar-refractivity contribution in [3.05, 3.63) is 12.3 Å². The molecule has 7 heteroatoms. The lowest BCUT2D eigenvalue weighted by Crippen LogP contribution is -2.48. The van der Waals surface area contributed by atoms with Gasteiger partial charge < -0.3 is 9.64 Å². The number of hydrogen-bond acceptors (Lipinski definition) is 4. The van der Waals surface area contributed by atoms with E-state index in [1.54, 1.807) is 6.20 Å². The van der Waals surface area contributed by atoms with E-state index in [0.29, 0.717) is 18.6 Å². The van der Waals surface area contributed by atoms with Crippen molar-refractivity contribution in [1.82, 2.24) is 19.6 Å². The predicted molar refractivity (Wildman–Crippen MR) is 77.2 cm³/mol. The summed E-state index contributed by atoms with van der Waals surface area (Å²) in [5.41, 5.74) is 0. The van der Waals surface area contributed by atoms with Crippen LogP contribution in [0.3, 0.4) is 0 Å². The number of carbonyl (C=O) groups excluding carboxylic acids is 1. The highest BCUT2D eigenvalue weighted by Gasteiger charge is 2.40. The Balaban J connectivity index is 1.42. The van der Waals surface area contributed by atoms with E-state index in [1.165, 1.54) is 0 Å². The van der Waals surface area contributed by atoms with Crippen LogP contribution in [0.1, 0.15) is 18.9 Å². The molecule has 7 nitrogen and oxygen atoms in total. The molecule has 1 aromatic heterocycles. The molecule has 3 heterocycles. The summed E-state index contributed by atoms with van der Waals surface area (Å²) in [6.45, 7) is 3.08. The molecule has 2 aliphatic heterocycles. The molecule has 4 rings (SSSR count). The van der Waals surface area contributed by atoms with Crippen LogP contribution >= 0.6 is 0 Å². The number of ether oxygens (including phenoxy) is 1.